The molecule has 0 fully saturated rings. The van der Waals surface area contributed by atoms with Gasteiger partial charge in [-0.1, -0.05) is 45.2 Å². The number of aliphatic carboxylic acids is 1. The van der Waals surface area contributed by atoms with Gasteiger partial charge in [-0.25, -0.2) is 0 Å². The molecule has 1 N–H and O–H groups in total. The number of hydrogen-bond donors (Lipinski definition) is 1. The van der Waals surface area contributed by atoms with Crippen molar-refractivity contribution < 1.29 is 24.2 Å². The molecule has 2 aromatic rings. The van der Waals surface area contributed by atoms with Gasteiger partial charge in [0, 0.05) is 66.9 Å². The van der Waals surface area contributed by atoms with E-state index in [1.807, 2.05) is 12.1 Å². The number of Topliss-reactive ketones (excluding diaryl/α,β-unsaturated/α-hetero) is 2. The fraction of sp³-hybridized carbons (Fsp3) is 0.321. The minimum Gasteiger partial charge on any atom is -0.487 e. The smallest absolute Gasteiger partial charge is 0.323 e. The fourth-order valence-electron chi connectivity index (χ4n) is 5.59. The van der Waals surface area contributed by atoms with E-state index >= 15 is 0 Å². The molecule has 6 nitrogen and oxygen atoms in total. The molecule has 38 heavy (non-hydrogen) atoms. The molecule has 0 amide bonds. The summed E-state index contributed by atoms with van der Waals surface area (Å²) in [5, 5.41) is 10.7. The lowest BCUT2D eigenvalue weighted by molar-refractivity contribution is -0.138. The summed E-state index contributed by atoms with van der Waals surface area (Å²) in [6, 6.07) is 8.89. The van der Waals surface area contributed by atoms with Gasteiger partial charge in [-0.05, 0) is 65.9 Å². The van der Waals surface area contributed by atoms with Crippen molar-refractivity contribution in [2.45, 2.75) is 51.0 Å². The monoisotopic (exact) mass is 681 g/mol. The lowest BCUT2D eigenvalue weighted by Crippen LogP contribution is -2.41. The summed E-state index contributed by atoms with van der Waals surface area (Å²) in [6.07, 6.45) is 3.11. The Bertz CT molecular complexity index is 1390. The quantitative estimate of drug-likeness (QED) is 0.338. The van der Waals surface area contributed by atoms with Crippen LogP contribution in [0.3, 0.4) is 0 Å². The van der Waals surface area contributed by atoms with Crippen molar-refractivity contribution in [3.63, 3.8) is 0 Å². The Kier molecular flexibility index (Phi) is 8.06. The lowest BCUT2D eigenvalue weighted by Gasteiger charge is -2.43. The van der Waals surface area contributed by atoms with E-state index in [1.54, 1.807) is 23.1 Å². The van der Waals surface area contributed by atoms with Crippen molar-refractivity contribution in [3.05, 3.63) is 83.0 Å². The molecule has 0 spiro atoms. The number of ether oxygens (including phenoxy) is 1. The number of carboxylic acids is 1. The lowest BCUT2D eigenvalue weighted by atomic mass is 9.70. The van der Waals surface area contributed by atoms with E-state index in [-0.39, 0.29) is 24.7 Å². The Labute approximate surface area is 246 Å². The molecule has 2 aliphatic carbocycles. The minimum absolute atomic E-state index is 0.0700. The van der Waals surface area contributed by atoms with Crippen LogP contribution in [0.1, 0.15) is 55.6 Å². The third-order valence-electron chi connectivity index (χ3n) is 7.12. The van der Waals surface area contributed by atoms with E-state index in [0.29, 0.717) is 86.9 Å². The SMILES string of the molecule is O=C(O)CN1C2=C(C(=O)CCC2)C(c2cc(Br)cc(Br)c2OCc2ccc(Cl)cc2Cl)C2=C1CCCC2=O. The zero-order valence-corrected chi connectivity index (χ0v) is 24.8. The number of carbonyl (C=O) groups excluding carboxylic acids is 2. The van der Waals surface area contributed by atoms with Gasteiger partial charge >= 0.3 is 5.97 Å². The average Bonchev–Trinajstić information content (AvgIpc) is 2.85. The van der Waals surface area contributed by atoms with Crippen LogP contribution in [-0.4, -0.2) is 34.1 Å². The van der Waals surface area contributed by atoms with Crippen LogP contribution in [0.25, 0.3) is 0 Å². The Morgan fingerprint density at radius 1 is 0.974 bits per heavy atom. The van der Waals surface area contributed by atoms with Crippen molar-refractivity contribution >= 4 is 72.6 Å². The molecule has 0 saturated heterocycles. The van der Waals surface area contributed by atoms with Gasteiger partial charge < -0.3 is 14.7 Å². The molecule has 1 heterocycles. The van der Waals surface area contributed by atoms with Crippen molar-refractivity contribution in [1.29, 1.82) is 0 Å². The van der Waals surface area contributed by atoms with Crippen molar-refractivity contribution in [3.8, 4) is 5.75 Å². The van der Waals surface area contributed by atoms with Gasteiger partial charge in [-0.3, -0.25) is 14.4 Å². The molecular formula is C28H23Br2Cl2NO5. The molecule has 0 atom stereocenters. The molecule has 3 aliphatic rings. The first-order chi connectivity index (χ1) is 18.2. The normalized spacial score (nSPS) is 18.1. The second kappa shape index (κ2) is 11.2. The van der Waals surface area contributed by atoms with E-state index in [1.165, 1.54) is 0 Å². The van der Waals surface area contributed by atoms with Gasteiger partial charge in [0.25, 0.3) is 0 Å². The van der Waals surface area contributed by atoms with E-state index < -0.39 is 11.9 Å². The third-order valence-corrected chi connectivity index (χ3v) is 8.75. The first-order valence-electron chi connectivity index (χ1n) is 12.2. The zero-order chi connectivity index (χ0) is 27.1. The summed E-state index contributed by atoms with van der Waals surface area (Å²) < 4.78 is 7.73. The molecule has 1 aliphatic heterocycles. The van der Waals surface area contributed by atoms with E-state index in [9.17, 15) is 19.5 Å². The maximum absolute atomic E-state index is 13.5. The van der Waals surface area contributed by atoms with Gasteiger partial charge in [0.05, 0.1) is 4.47 Å². The highest BCUT2D eigenvalue weighted by Crippen LogP contribution is 2.52. The molecule has 5 rings (SSSR count). The molecule has 0 bridgehead atoms. The number of rotatable bonds is 6. The summed E-state index contributed by atoms with van der Waals surface area (Å²) in [5.41, 5.74) is 3.78. The van der Waals surface area contributed by atoms with Crippen molar-refractivity contribution in [1.82, 2.24) is 4.90 Å². The van der Waals surface area contributed by atoms with E-state index in [4.69, 9.17) is 27.9 Å². The van der Waals surface area contributed by atoms with Crippen molar-refractivity contribution in [2.24, 2.45) is 0 Å². The molecule has 0 unspecified atom stereocenters. The minimum atomic E-state index is -1.01. The van der Waals surface area contributed by atoms with Crippen LogP contribution < -0.4 is 4.74 Å². The Morgan fingerprint density at radius 3 is 2.18 bits per heavy atom. The second-order valence-corrected chi connectivity index (χ2v) is 12.1. The molecule has 0 aromatic heterocycles. The van der Waals surface area contributed by atoms with Crippen LogP contribution in [0.15, 0.2) is 61.8 Å². The zero-order valence-electron chi connectivity index (χ0n) is 20.2. The molecular weight excluding hydrogens is 661 g/mol. The van der Waals surface area contributed by atoms with Crippen LogP contribution in [0.5, 0.6) is 5.75 Å². The Hall–Kier alpha value is -2.13. The first kappa shape index (κ1) is 27.4. The number of allylic oxidation sites excluding steroid dienone is 4. The summed E-state index contributed by atoms with van der Waals surface area (Å²) in [5.74, 6) is -1.31. The number of benzene rings is 2. The molecule has 0 radical (unpaired) electrons. The highest BCUT2D eigenvalue weighted by atomic mass is 79.9. The molecule has 0 saturated carbocycles. The van der Waals surface area contributed by atoms with Crippen LogP contribution in [-0.2, 0) is 21.0 Å². The Balaban J connectivity index is 1.69. The van der Waals surface area contributed by atoms with Gasteiger partial charge in [0.1, 0.15) is 18.9 Å². The summed E-state index contributed by atoms with van der Waals surface area (Å²) in [4.78, 5) is 40.5. The maximum atomic E-state index is 13.5. The van der Waals surface area contributed by atoms with Crippen LogP contribution in [0, 0.1) is 0 Å². The summed E-state index contributed by atoms with van der Waals surface area (Å²) in [6.45, 7) is -0.146. The van der Waals surface area contributed by atoms with E-state index in [0.717, 1.165) is 10.0 Å². The number of carboxylic acid groups (broad SMARTS) is 1. The van der Waals surface area contributed by atoms with Crippen molar-refractivity contribution in [2.75, 3.05) is 6.54 Å². The first-order valence-corrected chi connectivity index (χ1v) is 14.6. The Morgan fingerprint density at radius 2 is 1.61 bits per heavy atom. The van der Waals surface area contributed by atoms with Crippen LogP contribution in [0.4, 0.5) is 0 Å². The number of carbonyl (C=O) groups is 3. The maximum Gasteiger partial charge on any atom is 0.323 e. The standard InChI is InChI=1S/C28H23Br2Cl2NO5/c29-15-9-17(28(18(30)10-15)38-13-14-7-8-16(31)11-19(14)32)25-26-20(3-1-5-22(26)34)33(12-24(36)37)21-4-2-6-23(35)27(21)25/h7-11,25H,1-6,12-13H2,(H,36,37). The number of halogens is 4. The third kappa shape index (κ3) is 5.20. The largest absolute Gasteiger partial charge is 0.487 e. The fourth-order valence-corrected chi connectivity index (χ4v) is 7.43. The van der Waals surface area contributed by atoms with Gasteiger partial charge in [-0.15, -0.1) is 0 Å². The summed E-state index contributed by atoms with van der Waals surface area (Å²) in [7, 11) is 0. The predicted octanol–water partition coefficient (Wildman–Crippen LogP) is 7.60. The number of nitrogens with zero attached hydrogens (tertiary/aromatic N) is 1. The van der Waals surface area contributed by atoms with Crippen LogP contribution in [0.2, 0.25) is 10.0 Å². The highest BCUT2D eigenvalue weighted by Gasteiger charge is 2.44. The topological polar surface area (TPSA) is 83.9 Å². The number of ketones is 2. The van der Waals surface area contributed by atoms with Crippen LogP contribution >= 0.6 is 55.1 Å². The average molecular weight is 684 g/mol. The second-order valence-electron chi connectivity index (χ2n) is 9.52. The highest BCUT2D eigenvalue weighted by molar-refractivity contribution is 9.11. The molecule has 10 heteroatoms. The van der Waals surface area contributed by atoms with Gasteiger partial charge in [0.15, 0.2) is 11.6 Å². The molecule has 198 valence electrons. The van der Waals surface area contributed by atoms with E-state index in [2.05, 4.69) is 31.9 Å². The summed E-state index contributed by atoms with van der Waals surface area (Å²) >= 11 is 19.6. The predicted molar refractivity (Wildman–Crippen MR) is 151 cm³/mol. The van der Waals surface area contributed by atoms with Gasteiger partial charge in [-0.2, -0.15) is 0 Å². The number of hydrogen-bond acceptors (Lipinski definition) is 5. The van der Waals surface area contributed by atoms with Gasteiger partial charge in [0.2, 0.25) is 0 Å². The molecule has 2 aromatic carbocycles.